The Bertz CT molecular complexity index is 329. The minimum absolute atomic E-state index is 0.784. The second-order valence-electron chi connectivity index (χ2n) is 4.74. The molecule has 0 aromatic carbocycles. The number of ether oxygens (including phenoxy) is 2. The Labute approximate surface area is 122 Å². The number of unbranched alkanes of at least 4 members (excludes halogenated alkanes) is 1. The van der Waals surface area contributed by atoms with Gasteiger partial charge in [0.25, 0.3) is 0 Å². The molecule has 0 amide bonds. The number of hydrogen-bond donors (Lipinski definition) is 1. The van der Waals surface area contributed by atoms with E-state index < -0.39 is 0 Å². The molecule has 0 atom stereocenters. The Kier molecular flexibility index (Phi) is 9.96. The predicted molar refractivity (Wildman–Crippen MR) is 82.2 cm³/mol. The first-order valence-electron chi connectivity index (χ1n) is 7.79. The molecule has 5 nitrogen and oxygen atoms in total. The summed E-state index contributed by atoms with van der Waals surface area (Å²) in [4.78, 5) is 4.33. The Morgan fingerprint density at radius 3 is 2.70 bits per heavy atom. The van der Waals surface area contributed by atoms with Gasteiger partial charge in [-0.15, -0.1) is 0 Å². The summed E-state index contributed by atoms with van der Waals surface area (Å²) in [6.07, 6.45) is 8.21. The van der Waals surface area contributed by atoms with Gasteiger partial charge in [0.15, 0.2) is 0 Å². The number of hydrogen-bond acceptors (Lipinski definition) is 4. The van der Waals surface area contributed by atoms with Gasteiger partial charge in [0.2, 0.25) is 5.95 Å². The van der Waals surface area contributed by atoms with E-state index in [1.54, 1.807) is 0 Å². The van der Waals surface area contributed by atoms with Crippen molar-refractivity contribution in [1.82, 2.24) is 9.55 Å². The van der Waals surface area contributed by atoms with Crippen LogP contribution in [0.25, 0.3) is 0 Å². The van der Waals surface area contributed by atoms with E-state index in [0.717, 1.165) is 64.7 Å². The number of aryl methyl sites for hydroxylation is 1. The standard InChI is InChI=1S/C15H29N3O2/c1-3-5-12-20-14-7-10-18-11-9-17-15(18)16-8-6-13-19-4-2/h9,11H,3-8,10,12-14H2,1-2H3,(H,16,17). The van der Waals surface area contributed by atoms with Crippen LogP contribution in [0.4, 0.5) is 5.95 Å². The monoisotopic (exact) mass is 283 g/mol. The lowest BCUT2D eigenvalue weighted by Gasteiger charge is -2.10. The maximum Gasteiger partial charge on any atom is 0.202 e. The minimum Gasteiger partial charge on any atom is -0.382 e. The van der Waals surface area contributed by atoms with Crippen LogP contribution in [0.15, 0.2) is 12.4 Å². The zero-order valence-corrected chi connectivity index (χ0v) is 12.9. The van der Waals surface area contributed by atoms with Crippen LogP contribution in [0.2, 0.25) is 0 Å². The van der Waals surface area contributed by atoms with Gasteiger partial charge in [0, 0.05) is 51.9 Å². The van der Waals surface area contributed by atoms with Crippen LogP contribution < -0.4 is 5.32 Å². The van der Waals surface area contributed by atoms with E-state index >= 15 is 0 Å². The van der Waals surface area contributed by atoms with Gasteiger partial charge in [-0.3, -0.25) is 0 Å². The predicted octanol–water partition coefficient (Wildman–Crippen LogP) is 2.93. The highest BCUT2D eigenvalue weighted by molar-refractivity contribution is 5.25. The van der Waals surface area contributed by atoms with Crippen molar-refractivity contribution in [3.05, 3.63) is 12.4 Å². The van der Waals surface area contributed by atoms with E-state index in [4.69, 9.17) is 9.47 Å². The number of anilines is 1. The first-order valence-corrected chi connectivity index (χ1v) is 7.79. The summed E-state index contributed by atoms with van der Waals surface area (Å²) < 4.78 is 13.0. The first-order chi connectivity index (χ1) is 9.88. The van der Waals surface area contributed by atoms with Crippen molar-refractivity contribution in [3.63, 3.8) is 0 Å². The second kappa shape index (κ2) is 11.7. The van der Waals surface area contributed by atoms with Crippen molar-refractivity contribution in [2.75, 3.05) is 38.3 Å². The molecule has 5 heteroatoms. The Morgan fingerprint density at radius 2 is 1.90 bits per heavy atom. The fourth-order valence-electron chi connectivity index (χ4n) is 1.86. The topological polar surface area (TPSA) is 48.3 Å². The molecule has 1 heterocycles. The molecule has 0 radical (unpaired) electrons. The molecule has 1 aromatic rings. The molecule has 116 valence electrons. The molecule has 0 fully saturated rings. The van der Waals surface area contributed by atoms with Gasteiger partial charge < -0.3 is 19.4 Å². The second-order valence-corrected chi connectivity index (χ2v) is 4.74. The summed E-state index contributed by atoms with van der Waals surface area (Å²) in [5, 5.41) is 3.34. The summed E-state index contributed by atoms with van der Waals surface area (Å²) in [6.45, 7) is 9.32. The molecule has 0 aliphatic carbocycles. The number of aromatic nitrogens is 2. The molecular formula is C15H29N3O2. The Morgan fingerprint density at radius 1 is 1.10 bits per heavy atom. The fraction of sp³-hybridized carbons (Fsp3) is 0.800. The van der Waals surface area contributed by atoms with Crippen LogP contribution in [0.3, 0.4) is 0 Å². The summed E-state index contributed by atoms with van der Waals surface area (Å²) in [7, 11) is 0. The van der Waals surface area contributed by atoms with Crippen LogP contribution in [0.5, 0.6) is 0 Å². The van der Waals surface area contributed by atoms with E-state index in [1.165, 1.54) is 6.42 Å². The van der Waals surface area contributed by atoms with Gasteiger partial charge in [-0.05, 0) is 26.2 Å². The molecule has 20 heavy (non-hydrogen) atoms. The van der Waals surface area contributed by atoms with Gasteiger partial charge in [-0.25, -0.2) is 4.98 Å². The van der Waals surface area contributed by atoms with Gasteiger partial charge in [0.1, 0.15) is 0 Å². The van der Waals surface area contributed by atoms with E-state index in [2.05, 4.69) is 21.8 Å². The highest BCUT2D eigenvalue weighted by Crippen LogP contribution is 2.05. The quantitative estimate of drug-likeness (QED) is 0.565. The third kappa shape index (κ3) is 7.50. The molecule has 0 unspecified atom stereocenters. The molecule has 1 N–H and O–H groups in total. The van der Waals surface area contributed by atoms with Crippen molar-refractivity contribution < 1.29 is 9.47 Å². The number of nitrogens with zero attached hydrogens (tertiary/aromatic N) is 2. The lowest BCUT2D eigenvalue weighted by Crippen LogP contribution is -2.11. The van der Waals surface area contributed by atoms with Crippen molar-refractivity contribution in [2.24, 2.45) is 0 Å². The molecule has 0 saturated heterocycles. The molecule has 0 aliphatic heterocycles. The Balaban J connectivity index is 2.11. The Hall–Kier alpha value is -1.07. The van der Waals surface area contributed by atoms with Crippen LogP contribution in [0, 0.1) is 0 Å². The lowest BCUT2D eigenvalue weighted by molar-refractivity contribution is 0.126. The average molecular weight is 283 g/mol. The number of rotatable bonds is 13. The van der Waals surface area contributed by atoms with Crippen LogP contribution in [-0.2, 0) is 16.0 Å². The van der Waals surface area contributed by atoms with E-state index in [1.807, 2.05) is 19.3 Å². The lowest BCUT2D eigenvalue weighted by atomic mass is 10.3. The van der Waals surface area contributed by atoms with Crippen molar-refractivity contribution >= 4 is 5.95 Å². The van der Waals surface area contributed by atoms with E-state index in [-0.39, 0.29) is 0 Å². The molecule has 0 saturated carbocycles. The zero-order valence-electron chi connectivity index (χ0n) is 12.9. The molecule has 0 spiro atoms. The van der Waals surface area contributed by atoms with Gasteiger partial charge in [0.05, 0.1) is 0 Å². The zero-order chi connectivity index (χ0) is 14.5. The molecule has 0 aliphatic rings. The molecule has 1 aromatic heterocycles. The minimum atomic E-state index is 0.784. The highest BCUT2D eigenvalue weighted by Gasteiger charge is 2.01. The maximum absolute atomic E-state index is 5.57. The highest BCUT2D eigenvalue weighted by atomic mass is 16.5. The normalized spacial score (nSPS) is 10.9. The molecule has 0 bridgehead atoms. The third-order valence-corrected chi connectivity index (χ3v) is 3.00. The largest absolute Gasteiger partial charge is 0.382 e. The summed E-state index contributed by atoms with van der Waals surface area (Å²) in [5.74, 6) is 0.940. The first kappa shape index (κ1) is 17.0. The van der Waals surface area contributed by atoms with Crippen LogP contribution in [0.1, 0.15) is 39.5 Å². The average Bonchev–Trinajstić information content (AvgIpc) is 2.90. The van der Waals surface area contributed by atoms with Gasteiger partial charge in [-0.1, -0.05) is 13.3 Å². The SMILES string of the molecule is CCCCOCCCn1ccnc1NCCCOCC. The van der Waals surface area contributed by atoms with E-state index in [0.29, 0.717) is 0 Å². The summed E-state index contributed by atoms with van der Waals surface area (Å²) >= 11 is 0. The summed E-state index contributed by atoms with van der Waals surface area (Å²) in [5.41, 5.74) is 0. The van der Waals surface area contributed by atoms with Gasteiger partial charge >= 0.3 is 0 Å². The van der Waals surface area contributed by atoms with Crippen LogP contribution >= 0.6 is 0 Å². The maximum atomic E-state index is 5.57. The van der Waals surface area contributed by atoms with Crippen molar-refractivity contribution in [1.29, 1.82) is 0 Å². The number of imidazole rings is 1. The molecule has 1 rings (SSSR count). The number of nitrogens with one attached hydrogen (secondary N) is 1. The van der Waals surface area contributed by atoms with Crippen molar-refractivity contribution in [3.8, 4) is 0 Å². The van der Waals surface area contributed by atoms with Crippen molar-refractivity contribution in [2.45, 2.75) is 46.1 Å². The van der Waals surface area contributed by atoms with Crippen LogP contribution in [-0.4, -0.2) is 42.5 Å². The fourth-order valence-corrected chi connectivity index (χ4v) is 1.86. The smallest absolute Gasteiger partial charge is 0.202 e. The molecular weight excluding hydrogens is 254 g/mol. The summed E-state index contributed by atoms with van der Waals surface area (Å²) in [6, 6.07) is 0. The van der Waals surface area contributed by atoms with E-state index in [9.17, 15) is 0 Å². The third-order valence-electron chi connectivity index (χ3n) is 3.00. The van der Waals surface area contributed by atoms with Gasteiger partial charge in [-0.2, -0.15) is 0 Å².